The van der Waals surface area contributed by atoms with Crippen LogP contribution in [0.5, 0.6) is 5.75 Å². The van der Waals surface area contributed by atoms with Crippen molar-refractivity contribution in [3.63, 3.8) is 0 Å². The molecule has 0 saturated carbocycles. The Kier molecular flexibility index (Phi) is 4.71. The van der Waals surface area contributed by atoms with Crippen molar-refractivity contribution < 1.29 is 18.3 Å². The lowest BCUT2D eigenvalue weighted by molar-refractivity contribution is 0.298. The molecule has 0 radical (unpaired) electrons. The molecule has 0 aliphatic carbocycles. The van der Waals surface area contributed by atoms with Crippen LogP contribution >= 0.6 is 0 Å². The van der Waals surface area contributed by atoms with Crippen LogP contribution in [-0.4, -0.2) is 37.4 Å². The van der Waals surface area contributed by atoms with Crippen molar-refractivity contribution in [2.75, 3.05) is 18.4 Å². The van der Waals surface area contributed by atoms with Gasteiger partial charge in [0.25, 0.3) is 10.0 Å². The maximum absolute atomic E-state index is 12.4. The molecule has 8 heteroatoms. The maximum atomic E-state index is 12.4. The van der Waals surface area contributed by atoms with E-state index in [1.807, 2.05) is 0 Å². The fraction of sp³-hybridized carbons (Fsp3) is 0.231. The SMILES string of the molecule is COc1ccc(S(=O)(=O)Nc2cccnn2)c(CCO)c1. The largest absolute Gasteiger partial charge is 0.497 e. The van der Waals surface area contributed by atoms with E-state index in [0.717, 1.165) is 0 Å². The van der Waals surface area contributed by atoms with Crippen molar-refractivity contribution in [3.05, 3.63) is 42.1 Å². The van der Waals surface area contributed by atoms with Crippen LogP contribution < -0.4 is 9.46 Å². The van der Waals surface area contributed by atoms with Crippen LogP contribution in [0.1, 0.15) is 5.56 Å². The third-order valence-electron chi connectivity index (χ3n) is 2.75. The van der Waals surface area contributed by atoms with E-state index in [4.69, 9.17) is 9.84 Å². The van der Waals surface area contributed by atoms with Gasteiger partial charge in [-0.1, -0.05) is 0 Å². The smallest absolute Gasteiger partial charge is 0.263 e. The Morgan fingerprint density at radius 2 is 2.14 bits per heavy atom. The monoisotopic (exact) mass is 309 g/mol. The second-order valence-electron chi connectivity index (χ2n) is 4.16. The Balaban J connectivity index is 2.39. The number of hydrogen-bond donors (Lipinski definition) is 2. The van der Waals surface area contributed by atoms with E-state index in [1.54, 1.807) is 18.2 Å². The summed E-state index contributed by atoms with van der Waals surface area (Å²) < 4.78 is 32.2. The first kappa shape index (κ1) is 15.2. The van der Waals surface area contributed by atoms with E-state index >= 15 is 0 Å². The Morgan fingerprint density at radius 3 is 2.76 bits per heavy atom. The second kappa shape index (κ2) is 6.51. The lowest BCUT2D eigenvalue weighted by atomic mass is 10.1. The molecule has 2 N–H and O–H groups in total. The molecule has 7 nitrogen and oxygen atoms in total. The predicted molar refractivity (Wildman–Crippen MR) is 76.6 cm³/mol. The van der Waals surface area contributed by atoms with E-state index in [-0.39, 0.29) is 23.7 Å². The third-order valence-corrected chi connectivity index (χ3v) is 4.20. The molecule has 0 spiro atoms. The molecular formula is C13H15N3O4S. The summed E-state index contributed by atoms with van der Waals surface area (Å²) in [4.78, 5) is 0.0722. The fourth-order valence-electron chi connectivity index (χ4n) is 1.81. The number of nitrogens with one attached hydrogen (secondary N) is 1. The van der Waals surface area contributed by atoms with Crippen molar-refractivity contribution in [2.24, 2.45) is 0 Å². The molecule has 0 bridgehead atoms. The van der Waals surface area contributed by atoms with Crippen molar-refractivity contribution >= 4 is 15.8 Å². The minimum atomic E-state index is -3.81. The Morgan fingerprint density at radius 1 is 1.33 bits per heavy atom. The van der Waals surface area contributed by atoms with Crippen molar-refractivity contribution in [1.82, 2.24) is 10.2 Å². The van der Waals surface area contributed by atoms with E-state index in [0.29, 0.717) is 11.3 Å². The Hall–Kier alpha value is -2.19. The number of hydrogen-bond acceptors (Lipinski definition) is 6. The molecule has 0 saturated heterocycles. The number of nitrogens with zero attached hydrogens (tertiary/aromatic N) is 2. The lowest BCUT2D eigenvalue weighted by Gasteiger charge is -2.12. The van der Waals surface area contributed by atoms with Crippen LogP contribution in [-0.2, 0) is 16.4 Å². The summed E-state index contributed by atoms with van der Waals surface area (Å²) in [6, 6.07) is 7.64. The van der Waals surface area contributed by atoms with E-state index in [9.17, 15) is 8.42 Å². The lowest BCUT2D eigenvalue weighted by Crippen LogP contribution is -2.16. The minimum absolute atomic E-state index is 0.0722. The van der Waals surface area contributed by atoms with Crippen molar-refractivity contribution in [2.45, 2.75) is 11.3 Å². The van der Waals surface area contributed by atoms with Gasteiger partial charge in [-0.3, -0.25) is 4.72 Å². The molecule has 0 atom stereocenters. The van der Waals surface area contributed by atoms with Gasteiger partial charge in [0.15, 0.2) is 5.82 Å². The van der Waals surface area contributed by atoms with Gasteiger partial charge in [-0.15, -0.1) is 5.10 Å². The quantitative estimate of drug-likeness (QED) is 0.819. The van der Waals surface area contributed by atoms with Gasteiger partial charge in [0.1, 0.15) is 5.75 Å². The molecule has 2 aromatic rings. The average molecular weight is 309 g/mol. The number of aromatic nitrogens is 2. The molecule has 0 aliphatic rings. The first-order chi connectivity index (χ1) is 10.1. The summed E-state index contributed by atoms with van der Waals surface area (Å²) in [5.41, 5.74) is 0.466. The van der Waals surface area contributed by atoms with Gasteiger partial charge in [-0.05, 0) is 42.3 Å². The molecule has 112 valence electrons. The highest BCUT2D eigenvalue weighted by molar-refractivity contribution is 7.92. The van der Waals surface area contributed by atoms with Gasteiger partial charge < -0.3 is 9.84 Å². The first-order valence-electron chi connectivity index (χ1n) is 6.15. The Bertz CT molecular complexity index is 705. The van der Waals surface area contributed by atoms with Crippen LogP contribution in [0, 0.1) is 0 Å². The zero-order valence-electron chi connectivity index (χ0n) is 11.4. The van der Waals surface area contributed by atoms with Gasteiger partial charge in [0, 0.05) is 12.8 Å². The van der Waals surface area contributed by atoms with Crippen molar-refractivity contribution in [3.8, 4) is 5.75 Å². The molecular weight excluding hydrogens is 294 g/mol. The Labute approximate surface area is 122 Å². The molecule has 0 unspecified atom stereocenters. The highest BCUT2D eigenvalue weighted by Crippen LogP contribution is 2.23. The van der Waals surface area contributed by atoms with Crippen LogP contribution in [0.2, 0.25) is 0 Å². The van der Waals surface area contributed by atoms with E-state index < -0.39 is 10.0 Å². The molecule has 0 fully saturated rings. The molecule has 1 heterocycles. The molecule has 0 amide bonds. The summed E-state index contributed by atoms with van der Waals surface area (Å²) in [7, 11) is -2.32. The average Bonchev–Trinajstić information content (AvgIpc) is 2.48. The first-order valence-corrected chi connectivity index (χ1v) is 7.63. The standard InChI is InChI=1S/C13H15N3O4S/c1-20-11-4-5-12(10(9-11)6-8-17)21(18,19)16-13-3-2-7-14-15-13/h2-5,7,9,17H,6,8H2,1H3,(H,15,16). The second-order valence-corrected chi connectivity index (χ2v) is 5.81. The maximum Gasteiger partial charge on any atom is 0.263 e. The predicted octanol–water partition coefficient (Wildman–Crippen LogP) is 0.821. The highest BCUT2D eigenvalue weighted by Gasteiger charge is 2.19. The van der Waals surface area contributed by atoms with Gasteiger partial charge in [-0.2, -0.15) is 5.10 Å². The van der Waals surface area contributed by atoms with Gasteiger partial charge in [-0.25, -0.2) is 8.42 Å². The summed E-state index contributed by atoms with van der Waals surface area (Å²) in [5, 5.41) is 16.4. The van der Waals surface area contributed by atoms with Gasteiger partial charge in [0.05, 0.1) is 12.0 Å². The minimum Gasteiger partial charge on any atom is -0.497 e. The van der Waals surface area contributed by atoms with Crippen molar-refractivity contribution in [1.29, 1.82) is 0 Å². The highest BCUT2D eigenvalue weighted by atomic mass is 32.2. The molecule has 1 aromatic heterocycles. The normalized spacial score (nSPS) is 11.1. The summed E-state index contributed by atoms with van der Waals surface area (Å²) in [5.74, 6) is 0.653. The number of anilines is 1. The summed E-state index contributed by atoms with van der Waals surface area (Å²) in [6.07, 6.45) is 1.65. The number of benzene rings is 1. The van der Waals surface area contributed by atoms with Crippen LogP contribution in [0.3, 0.4) is 0 Å². The number of methoxy groups -OCH3 is 1. The zero-order valence-corrected chi connectivity index (χ0v) is 12.2. The number of aliphatic hydroxyl groups excluding tert-OH is 1. The molecule has 0 aliphatic heterocycles. The third kappa shape index (κ3) is 3.67. The zero-order chi connectivity index (χ0) is 15.3. The molecule has 2 rings (SSSR count). The van der Waals surface area contributed by atoms with Crippen LogP contribution in [0.4, 0.5) is 5.82 Å². The molecule has 1 aromatic carbocycles. The van der Waals surface area contributed by atoms with Gasteiger partial charge in [0.2, 0.25) is 0 Å². The number of rotatable bonds is 6. The summed E-state index contributed by atoms with van der Waals surface area (Å²) in [6.45, 7) is -0.166. The van der Waals surface area contributed by atoms with Crippen LogP contribution in [0.25, 0.3) is 0 Å². The van der Waals surface area contributed by atoms with E-state index in [1.165, 1.54) is 25.4 Å². The fourth-order valence-corrected chi connectivity index (χ4v) is 3.06. The van der Waals surface area contributed by atoms with Gasteiger partial charge >= 0.3 is 0 Å². The molecule has 21 heavy (non-hydrogen) atoms. The summed E-state index contributed by atoms with van der Waals surface area (Å²) >= 11 is 0. The number of aliphatic hydroxyl groups is 1. The topological polar surface area (TPSA) is 101 Å². The van der Waals surface area contributed by atoms with Crippen LogP contribution in [0.15, 0.2) is 41.4 Å². The number of ether oxygens (including phenoxy) is 1. The van der Waals surface area contributed by atoms with E-state index in [2.05, 4.69) is 14.9 Å². The number of sulfonamides is 1.